The Labute approximate surface area is 186 Å². The van der Waals surface area contributed by atoms with Gasteiger partial charge in [0.15, 0.2) is 0 Å². The van der Waals surface area contributed by atoms with E-state index in [9.17, 15) is 4.79 Å². The second kappa shape index (κ2) is 11.1. The van der Waals surface area contributed by atoms with Gasteiger partial charge in [0.25, 0.3) is 0 Å². The van der Waals surface area contributed by atoms with Crippen molar-refractivity contribution in [3.8, 4) is 0 Å². The lowest BCUT2D eigenvalue weighted by molar-refractivity contribution is 0.139. The van der Waals surface area contributed by atoms with Crippen molar-refractivity contribution >= 4 is 25.4 Å². The molecule has 0 aliphatic rings. The monoisotopic (exact) mass is 427 g/mol. The van der Waals surface area contributed by atoms with Crippen LogP contribution in [0.1, 0.15) is 11.1 Å². The fraction of sp³-hybridized carbons (Fsp3) is 0.148. The summed E-state index contributed by atoms with van der Waals surface area (Å²) in [7, 11) is -1.78. The van der Waals surface area contributed by atoms with Crippen molar-refractivity contribution in [3.05, 3.63) is 120 Å². The van der Waals surface area contributed by atoms with E-state index in [-0.39, 0.29) is 12.6 Å². The van der Waals surface area contributed by atoms with Gasteiger partial charge in [-0.15, -0.1) is 0 Å². The fourth-order valence-electron chi connectivity index (χ4n) is 3.15. The van der Waals surface area contributed by atoms with Crippen LogP contribution in [0, 0.1) is 0 Å². The standard InChI is InChI=1S/C27H29NO2Si/c1-31(2,26-16-10-5-11-17-26)21-20-25(19-18-23-12-6-3-7-13-23)28-27(29)30-22-24-14-8-4-9-15-24/h3-21,25H,22H2,1-2H3,(H,28,29)/b19-18+,21-20+. The SMILES string of the molecule is C[Si](C)(/C=C/C(/C=C/c1ccccc1)NC(=O)OCc1ccccc1)c1ccccc1. The molecular formula is C27H29NO2Si. The minimum atomic E-state index is -1.78. The largest absolute Gasteiger partial charge is 0.445 e. The Morgan fingerprint density at radius 2 is 1.45 bits per heavy atom. The molecule has 0 aliphatic carbocycles. The molecule has 0 bridgehead atoms. The molecule has 4 heteroatoms. The third-order valence-corrected chi connectivity index (χ3v) is 7.88. The first-order chi connectivity index (χ1) is 15.0. The maximum atomic E-state index is 12.4. The summed E-state index contributed by atoms with van der Waals surface area (Å²) >= 11 is 0. The van der Waals surface area contributed by atoms with Gasteiger partial charge in [-0.3, -0.25) is 0 Å². The highest BCUT2D eigenvalue weighted by Gasteiger charge is 2.20. The first-order valence-corrected chi connectivity index (χ1v) is 13.6. The molecule has 158 valence electrons. The third-order valence-electron chi connectivity index (χ3n) is 5.03. The topological polar surface area (TPSA) is 38.3 Å². The number of hydrogen-bond donors (Lipinski definition) is 1. The molecule has 1 unspecified atom stereocenters. The second-order valence-electron chi connectivity index (χ2n) is 7.95. The molecule has 0 saturated heterocycles. The molecule has 0 heterocycles. The maximum absolute atomic E-state index is 12.4. The number of nitrogens with one attached hydrogen (secondary N) is 1. The molecule has 3 rings (SSSR count). The van der Waals surface area contributed by atoms with Gasteiger partial charge in [-0.05, 0) is 11.1 Å². The van der Waals surface area contributed by atoms with Crippen LogP contribution in [0.2, 0.25) is 13.1 Å². The van der Waals surface area contributed by atoms with Crippen molar-refractivity contribution in [2.75, 3.05) is 0 Å². The zero-order valence-electron chi connectivity index (χ0n) is 18.1. The Bertz CT molecular complexity index is 999. The molecule has 31 heavy (non-hydrogen) atoms. The molecule has 0 radical (unpaired) electrons. The summed E-state index contributed by atoms with van der Waals surface area (Å²) in [6, 6.07) is 30.0. The summed E-state index contributed by atoms with van der Waals surface area (Å²) < 4.78 is 5.42. The Hall–Kier alpha value is -3.37. The molecule has 3 aromatic rings. The minimum absolute atomic E-state index is 0.246. The van der Waals surface area contributed by atoms with Gasteiger partial charge in [0.2, 0.25) is 0 Å². The van der Waals surface area contributed by atoms with Crippen LogP contribution >= 0.6 is 0 Å². The normalized spacial score (nSPS) is 12.7. The maximum Gasteiger partial charge on any atom is 0.408 e. The van der Waals surface area contributed by atoms with Crippen molar-refractivity contribution in [1.29, 1.82) is 0 Å². The van der Waals surface area contributed by atoms with E-state index >= 15 is 0 Å². The molecule has 0 saturated carbocycles. The fourth-order valence-corrected chi connectivity index (χ4v) is 5.08. The zero-order chi connectivity index (χ0) is 21.9. The van der Waals surface area contributed by atoms with Crippen LogP contribution < -0.4 is 10.5 Å². The van der Waals surface area contributed by atoms with Crippen molar-refractivity contribution < 1.29 is 9.53 Å². The van der Waals surface area contributed by atoms with E-state index in [1.807, 2.05) is 78.9 Å². The molecule has 1 atom stereocenters. The van der Waals surface area contributed by atoms with E-state index in [4.69, 9.17) is 4.74 Å². The Morgan fingerprint density at radius 3 is 2.10 bits per heavy atom. The van der Waals surface area contributed by atoms with E-state index in [2.05, 4.69) is 54.5 Å². The molecule has 0 spiro atoms. The second-order valence-corrected chi connectivity index (χ2v) is 12.3. The first-order valence-electron chi connectivity index (χ1n) is 10.5. The minimum Gasteiger partial charge on any atom is -0.445 e. The summed E-state index contributed by atoms with van der Waals surface area (Å²) in [6.45, 7) is 4.84. The molecule has 1 N–H and O–H groups in total. The first kappa shape index (κ1) is 22.3. The summed E-state index contributed by atoms with van der Waals surface area (Å²) in [5.74, 6) is 0. The van der Waals surface area contributed by atoms with Gasteiger partial charge in [0.05, 0.1) is 6.04 Å². The van der Waals surface area contributed by atoms with Gasteiger partial charge in [0, 0.05) is 0 Å². The number of ether oxygens (including phenoxy) is 1. The smallest absolute Gasteiger partial charge is 0.408 e. The van der Waals surface area contributed by atoms with E-state index in [0.29, 0.717) is 0 Å². The lowest BCUT2D eigenvalue weighted by Crippen LogP contribution is -2.40. The lowest BCUT2D eigenvalue weighted by Gasteiger charge is -2.20. The van der Waals surface area contributed by atoms with Gasteiger partial charge in [0.1, 0.15) is 14.7 Å². The van der Waals surface area contributed by atoms with Gasteiger partial charge in [-0.2, -0.15) is 0 Å². The average molecular weight is 428 g/mol. The number of rotatable bonds is 8. The van der Waals surface area contributed by atoms with E-state index in [1.54, 1.807) is 0 Å². The van der Waals surface area contributed by atoms with Crippen molar-refractivity contribution in [2.24, 2.45) is 0 Å². The van der Waals surface area contributed by atoms with E-state index < -0.39 is 14.2 Å². The third kappa shape index (κ3) is 7.43. The molecule has 3 nitrogen and oxygen atoms in total. The highest BCUT2D eigenvalue weighted by molar-refractivity contribution is 6.93. The summed E-state index contributed by atoms with van der Waals surface area (Å²) in [5, 5.41) is 4.32. The molecule has 0 aliphatic heterocycles. The van der Waals surface area contributed by atoms with Gasteiger partial charge in [-0.25, -0.2) is 4.79 Å². The van der Waals surface area contributed by atoms with Crippen LogP contribution in [0.4, 0.5) is 4.79 Å². The molecule has 3 aromatic carbocycles. The Kier molecular flexibility index (Phi) is 8.02. The predicted octanol–water partition coefficient (Wildman–Crippen LogP) is 5.71. The van der Waals surface area contributed by atoms with Crippen LogP contribution in [0.3, 0.4) is 0 Å². The number of amides is 1. The van der Waals surface area contributed by atoms with Crippen LogP contribution in [-0.4, -0.2) is 20.2 Å². The van der Waals surface area contributed by atoms with E-state index in [0.717, 1.165) is 11.1 Å². The summed E-state index contributed by atoms with van der Waals surface area (Å²) in [6.07, 6.45) is 5.65. The van der Waals surface area contributed by atoms with Crippen LogP contribution in [0.5, 0.6) is 0 Å². The zero-order valence-corrected chi connectivity index (χ0v) is 19.1. The van der Waals surface area contributed by atoms with Crippen LogP contribution in [-0.2, 0) is 11.3 Å². The number of hydrogen-bond acceptors (Lipinski definition) is 2. The molecule has 0 fully saturated rings. The van der Waals surface area contributed by atoms with Gasteiger partial charge < -0.3 is 10.1 Å². The molecule has 0 aromatic heterocycles. The number of benzene rings is 3. The highest BCUT2D eigenvalue weighted by atomic mass is 28.3. The summed E-state index contributed by atoms with van der Waals surface area (Å²) in [5.41, 5.74) is 4.31. The van der Waals surface area contributed by atoms with Crippen LogP contribution in [0.15, 0.2) is 109 Å². The van der Waals surface area contributed by atoms with E-state index in [1.165, 1.54) is 5.19 Å². The number of carbonyl (C=O) groups excluding carboxylic acids is 1. The lowest BCUT2D eigenvalue weighted by atomic mass is 10.1. The van der Waals surface area contributed by atoms with Crippen LogP contribution in [0.25, 0.3) is 6.08 Å². The summed E-state index contributed by atoms with van der Waals surface area (Å²) in [4.78, 5) is 12.4. The Balaban J connectivity index is 1.71. The Morgan fingerprint density at radius 1 is 0.871 bits per heavy atom. The van der Waals surface area contributed by atoms with Gasteiger partial charge in [-0.1, -0.05) is 133 Å². The number of carbonyl (C=O) groups is 1. The predicted molar refractivity (Wildman–Crippen MR) is 132 cm³/mol. The number of alkyl carbamates (subject to hydrolysis) is 1. The highest BCUT2D eigenvalue weighted by Crippen LogP contribution is 2.09. The van der Waals surface area contributed by atoms with Crippen molar-refractivity contribution in [2.45, 2.75) is 25.7 Å². The molecular weight excluding hydrogens is 398 g/mol. The quantitative estimate of drug-likeness (QED) is 0.468. The van der Waals surface area contributed by atoms with Gasteiger partial charge >= 0.3 is 6.09 Å². The molecule has 1 amide bonds. The van der Waals surface area contributed by atoms with Crippen molar-refractivity contribution in [3.63, 3.8) is 0 Å². The van der Waals surface area contributed by atoms with Crippen molar-refractivity contribution in [1.82, 2.24) is 5.32 Å². The average Bonchev–Trinajstić information content (AvgIpc) is 2.81.